The van der Waals surface area contributed by atoms with E-state index in [0.29, 0.717) is 23.8 Å². The number of anilines is 1. The molecule has 0 aliphatic heterocycles. The number of hydrogen-bond acceptors (Lipinski definition) is 4. The van der Waals surface area contributed by atoms with E-state index < -0.39 is 6.04 Å². The van der Waals surface area contributed by atoms with E-state index in [1.165, 1.54) is 0 Å². The summed E-state index contributed by atoms with van der Waals surface area (Å²) in [7, 11) is 1.61. The topological polar surface area (TPSA) is 77.2 Å². The number of methoxy groups -OCH3 is 1. The summed E-state index contributed by atoms with van der Waals surface area (Å²) in [5, 5.41) is 2.84. The van der Waals surface area contributed by atoms with Gasteiger partial charge < -0.3 is 15.8 Å². The number of aromatic nitrogens is 1. The maximum absolute atomic E-state index is 12.1. The summed E-state index contributed by atoms with van der Waals surface area (Å²) in [6.07, 6.45) is 4.11. The molecule has 0 bridgehead atoms. The summed E-state index contributed by atoms with van der Waals surface area (Å²) in [6, 6.07) is 8.87. The lowest BCUT2D eigenvalue weighted by atomic mass is 10.0. The Bertz CT molecular complexity index is 657. The number of pyridine rings is 1. The zero-order valence-electron chi connectivity index (χ0n) is 13.7. The van der Waals surface area contributed by atoms with E-state index in [-0.39, 0.29) is 5.91 Å². The largest absolute Gasteiger partial charge is 0.496 e. The second-order valence-electron chi connectivity index (χ2n) is 5.88. The van der Waals surface area contributed by atoms with Crippen molar-refractivity contribution in [2.24, 2.45) is 11.7 Å². The first kappa shape index (κ1) is 17.0. The molecule has 1 unspecified atom stereocenters. The molecule has 3 N–H and O–H groups in total. The number of rotatable bonds is 6. The van der Waals surface area contributed by atoms with Gasteiger partial charge in [-0.1, -0.05) is 13.8 Å². The number of amides is 1. The Morgan fingerprint density at radius 1 is 1.26 bits per heavy atom. The molecule has 1 atom stereocenters. The monoisotopic (exact) mass is 313 g/mol. The van der Waals surface area contributed by atoms with Gasteiger partial charge in [-0.15, -0.1) is 0 Å². The average Bonchev–Trinajstić information content (AvgIpc) is 2.54. The molecule has 0 saturated carbocycles. The van der Waals surface area contributed by atoms with Gasteiger partial charge in [0.1, 0.15) is 5.75 Å². The second-order valence-corrected chi connectivity index (χ2v) is 5.88. The molecule has 0 saturated heterocycles. The van der Waals surface area contributed by atoms with Gasteiger partial charge in [-0.2, -0.15) is 0 Å². The molecule has 1 aromatic heterocycles. The zero-order chi connectivity index (χ0) is 16.8. The Morgan fingerprint density at radius 3 is 2.57 bits per heavy atom. The van der Waals surface area contributed by atoms with Gasteiger partial charge in [0.25, 0.3) is 0 Å². The first-order valence-electron chi connectivity index (χ1n) is 7.66. The summed E-state index contributed by atoms with van der Waals surface area (Å²) in [6.45, 7) is 4.08. The molecule has 2 rings (SSSR count). The molecule has 5 nitrogen and oxygen atoms in total. The maximum Gasteiger partial charge on any atom is 0.241 e. The number of hydrogen-bond donors (Lipinski definition) is 2. The molecule has 2 aromatic rings. The van der Waals surface area contributed by atoms with Gasteiger partial charge in [0.2, 0.25) is 5.91 Å². The lowest BCUT2D eigenvalue weighted by Crippen LogP contribution is -2.36. The Hall–Kier alpha value is -2.40. The smallest absolute Gasteiger partial charge is 0.241 e. The fourth-order valence-corrected chi connectivity index (χ4v) is 2.39. The number of carbonyl (C=O) groups excluding carboxylic acids is 1. The molecule has 1 amide bonds. The van der Waals surface area contributed by atoms with Crippen LogP contribution in [0.4, 0.5) is 5.69 Å². The highest BCUT2D eigenvalue weighted by Gasteiger charge is 2.16. The van der Waals surface area contributed by atoms with Gasteiger partial charge in [-0.05, 0) is 42.2 Å². The number of benzene rings is 1. The van der Waals surface area contributed by atoms with Crippen LogP contribution in [-0.2, 0) is 4.79 Å². The molecule has 0 spiro atoms. The summed E-state index contributed by atoms with van der Waals surface area (Å²) in [5.41, 5.74) is 8.53. The van der Waals surface area contributed by atoms with Crippen molar-refractivity contribution in [1.82, 2.24) is 4.98 Å². The molecule has 0 aliphatic carbocycles. The number of carbonyl (C=O) groups is 1. The van der Waals surface area contributed by atoms with Crippen LogP contribution >= 0.6 is 0 Å². The molecule has 0 fully saturated rings. The molecule has 0 aliphatic rings. The first-order valence-corrected chi connectivity index (χ1v) is 7.66. The number of nitrogens with one attached hydrogen (secondary N) is 1. The normalized spacial score (nSPS) is 12.0. The summed E-state index contributed by atoms with van der Waals surface area (Å²) in [4.78, 5) is 16.1. The number of nitrogens with two attached hydrogens (primary N) is 1. The molecular weight excluding hydrogens is 290 g/mol. The fraction of sp³-hybridized carbons (Fsp3) is 0.333. The Balaban J connectivity index is 2.18. The lowest BCUT2D eigenvalue weighted by Gasteiger charge is -2.15. The van der Waals surface area contributed by atoms with Crippen LogP contribution in [0.25, 0.3) is 11.1 Å². The molecule has 5 heteroatoms. The minimum atomic E-state index is -0.513. The first-order chi connectivity index (χ1) is 11.0. The summed E-state index contributed by atoms with van der Waals surface area (Å²) in [5.74, 6) is 0.878. The van der Waals surface area contributed by atoms with Crippen LogP contribution in [0.5, 0.6) is 5.75 Å². The third-order valence-corrected chi connectivity index (χ3v) is 3.52. The van der Waals surface area contributed by atoms with Crippen LogP contribution in [0.3, 0.4) is 0 Å². The third kappa shape index (κ3) is 4.53. The van der Waals surface area contributed by atoms with Crippen molar-refractivity contribution in [2.45, 2.75) is 26.3 Å². The van der Waals surface area contributed by atoms with Gasteiger partial charge in [0, 0.05) is 29.7 Å². The van der Waals surface area contributed by atoms with E-state index >= 15 is 0 Å². The molecule has 1 aromatic carbocycles. The highest BCUT2D eigenvalue weighted by Crippen LogP contribution is 2.32. The molecule has 0 radical (unpaired) electrons. The van der Waals surface area contributed by atoms with Crippen molar-refractivity contribution in [3.63, 3.8) is 0 Å². The summed E-state index contributed by atoms with van der Waals surface area (Å²) < 4.78 is 5.44. The van der Waals surface area contributed by atoms with E-state index in [1.807, 2.05) is 38.1 Å². The molecule has 1 heterocycles. The number of ether oxygens (including phenoxy) is 1. The molecular formula is C18H23N3O2. The fourth-order valence-electron chi connectivity index (χ4n) is 2.39. The lowest BCUT2D eigenvalue weighted by molar-refractivity contribution is -0.117. The van der Waals surface area contributed by atoms with E-state index in [1.54, 1.807) is 25.6 Å². The van der Waals surface area contributed by atoms with Crippen molar-refractivity contribution in [1.29, 1.82) is 0 Å². The predicted octanol–water partition coefficient (Wildman–Crippen LogP) is 3.07. The van der Waals surface area contributed by atoms with Crippen molar-refractivity contribution in [3.05, 3.63) is 42.7 Å². The van der Waals surface area contributed by atoms with E-state index in [9.17, 15) is 4.79 Å². The van der Waals surface area contributed by atoms with Gasteiger partial charge in [0.15, 0.2) is 0 Å². The van der Waals surface area contributed by atoms with Gasteiger partial charge in [0.05, 0.1) is 13.2 Å². The SMILES string of the molecule is COc1cc(NC(=O)C(N)CC(C)C)ccc1-c1ccncc1. The highest BCUT2D eigenvalue weighted by molar-refractivity contribution is 5.95. The van der Waals surface area contributed by atoms with Crippen molar-refractivity contribution < 1.29 is 9.53 Å². The number of nitrogens with zero attached hydrogens (tertiary/aromatic N) is 1. The van der Waals surface area contributed by atoms with Crippen molar-refractivity contribution in [3.8, 4) is 16.9 Å². The van der Waals surface area contributed by atoms with Crippen molar-refractivity contribution >= 4 is 11.6 Å². The van der Waals surface area contributed by atoms with Gasteiger partial charge >= 0.3 is 0 Å². The van der Waals surface area contributed by atoms with Gasteiger partial charge in [-0.3, -0.25) is 9.78 Å². The van der Waals surface area contributed by atoms with E-state index in [0.717, 1.165) is 11.1 Å². The van der Waals surface area contributed by atoms with Crippen LogP contribution in [0.15, 0.2) is 42.7 Å². The second kappa shape index (κ2) is 7.74. The molecule has 23 heavy (non-hydrogen) atoms. The van der Waals surface area contributed by atoms with E-state index in [4.69, 9.17) is 10.5 Å². The van der Waals surface area contributed by atoms with Crippen molar-refractivity contribution in [2.75, 3.05) is 12.4 Å². The Labute approximate surface area is 136 Å². The minimum Gasteiger partial charge on any atom is -0.496 e. The minimum absolute atomic E-state index is 0.183. The average molecular weight is 313 g/mol. The quantitative estimate of drug-likeness (QED) is 0.859. The van der Waals surface area contributed by atoms with E-state index in [2.05, 4.69) is 10.3 Å². The highest BCUT2D eigenvalue weighted by atomic mass is 16.5. The van der Waals surface area contributed by atoms with Crippen LogP contribution in [0.2, 0.25) is 0 Å². The van der Waals surface area contributed by atoms with Crippen LogP contribution in [0, 0.1) is 5.92 Å². The standard InChI is InChI=1S/C18H23N3O2/c1-12(2)10-16(19)18(22)21-14-4-5-15(17(11-14)23-3)13-6-8-20-9-7-13/h4-9,11-12,16H,10,19H2,1-3H3,(H,21,22). The molecule has 122 valence electrons. The Kier molecular flexibility index (Phi) is 5.71. The maximum atomic E-state index is 12.1. The Morgan fingerprint density at radius 2 is 1.96 bits per heavy atom. The van der Waals surface area contributed by atoms with Crippen LogP contribution in [-0.4, -0.2) is 24.0 Å². The van der Waals surface area contributed by atoms with Gasteiger partial charge in [-0.25, -0.2) is 0 Å². The summed E-state index contributed by atoms with van der Waals surface area (Å²) >= 11 is 0. The predicted molar refractivity (Wildman–Crippen MR) is 92.3 cm³/mol. The van der Waals surface area contributed by atoms with Crippen LogP contribution in [0.1, 0.15) is 20.3 Å². The third-order valence-electron chi connectivity index (χ3n) is 3.52. The zero-order valence-corrected chi connectivity index (χ0v) is 13.7. The van der Waals surface area contributed by atoms with Crippen LogP contribution < -0.4 is 15.8 Å².